The summed E-state index contributed by atoms with van der Waals surface area (Å²) in [6.45, 7) is 0. The molecular weight excluding hydrogens is 212 g/mol. The van der Waals surface area contributed by atoms with Crippen molar-refractivity contribution < 1.29 is 10.3 Å². The van der Waals surface area contributed by atoms with Crippen LogP contribution in [0.2, 0.25) is 0 Å². The number of hydrogen-bond donors (Lipinski definition) is 0. The maximum atomic E-state index is 9.72. The average molecular weight is 217 g/mol. The number of pyridine rings is 1. The molecule has 1 aromatic heterocycles. The summed E-state index contributed by atoms with van der Waals surface area (Å²) < 4.78 is 0.859. The number of halogens is 1. The van der Waals surface area contributed by atoms with Crippen LogP contribution < -0.4 is 0 Å². The van der Waals surface area contributed by atoms with Crippen molar-refractivity contribution in [1.82, 2.24) is 4.98 Å². The zero-order valence-corrected chi connectivity index (χ0v) is 7.00. The van der Waals surface area contributed by atoms with E-state index < -0.39 is 0 Å². The molecule has 0 aliphatic rings. The van der Waals surface area contributed by atoms with Gasteiger partial charge in [-0.1, -0.05) is 0 Å². The molecule has 0 atom stereocenters. The zero-order valence-electron chi connectivity index (χ0n) is 5.41. The maximum absolute atomic E-state index is 9.72. The lowest BCUT2D eigenvalue weighted by molar-refractivity contribution is 0.565. The van der Waals surface area contributed by atoms with Gasteiger partial charge in [0, 0.05) is 10.7 Å². The first-order chi connectivity index (χ1) is 4.83. The van der Waals surface area contributed by atoms with Crippen LogP contribution in [-0.4, -0.2) is 16.5 Å². The molecule has 58 valence electrons. The van der Waals surface area contributed by atoms with Crippen LogP contribution in [0.3, 0.4) is 0 Å². The molecule has 0 bridgehead atoms. The largest absolute Gasteiger partial charge is 0.412 e. The molecule has 0 aromatic carbocycles. The van der Waals surface area contributed by atoms with Crippen LogP contribution >= 0.6 is 15.9 Å². The molecule has 0 aliphatic carbocycles. The van der Waals surface area contributed by atoms with Crippen LogP contribution in [0.1, 0.15) is 0 Å². The highest BCUT2D eigenvalue weighted by molar-refractivity contribution is 9.10. The van der Waals surface area contributed by atoms with Gasteiger partial charge in [-0.05, 0) is 28.1 Å². The summed E-state index contributed by atoms with van der Waals surface area (Å²) in [6.07, 6.45) is 2.97. The zero-order chi connectivity index (χ0) is 7.40. The quantitative estimate of drug-likeness (QED) is 0.519. The summed E-state index contributed by atoms with van der Waals surface area (Å²) in [7, 11) is 0. The molecule has 4 nitrogen and oxygen atoms in total. The molecule has 11 heavy (non-hydrogen) atoms. The van der Waals surface area contributed by atoms with E-state index in [1.165, 1.54) is 6.08 Å². The average Bonchev–Trinajstić information content (AvgIpc) is 1.95. The molecule has 0 unspecified atom stereocenters. The third-order valence-electron chi connectivity index (χ3n) is 0.872. The van der Waals surface area contributed by atoms with Crippen molar-refractivity contribution in [1.29, 1.82) is 0 Å². The smallest absolute Gasteiger partial charge is 0.242 e. The predicted molar refractivity (Wildman–Crippen MR) is 43.3 cm³/mol. The number of aliphatic imine (C=N–C) groups is 1. The van der Waals surface area contributed by atoms with E-state index in [9.17, 15) is 4.79 Å². The highest BCUT2D eigenvalue weighted by Gasteiger charge is 1.88. The van der Waals surface area contributed by atoms with Gasteiger partial charge in [-0.15, -0.1) is 4.99 Å². The Labute approximate surface area is 71.4 Å². The molecule has 1 aromatic rings. The Morgan fingerprint density at radius 1 is 1.55 bits per heavy atom. The van der Waals surface area contributed by atoms with Gasteiger partial charge in [0.05, 0.1) is 0 Å². The van der Waals surface area contributed by atoms with Gasteiger partial charge in [-0.2, -0.15) is 0 Å². The topological polar surface area (TPSA) is 73.8 Å². The van der Waals surface area contributed by atoms with Crippen molar-refractivity contribution >= 4 is 27.8 Å². The van der Waals surface area contributed by atoms with E-state index in [1.54, 1.807) is 18.3 Å². The molecule has 0 radical (unpaired) electrons. The maximum Gasteiger partial charge on any atom is 0.242 e. The summed E-state index contributed by atoms with van der Waals surface area (Å²) in [5.74, 6) is 0.373. The van der Waals surface area contributed by atoms with Crippen LogP contribution in [-0.2, 0) is 4.79 Å². The normalized spacial score (nSPS) is 7.73. The van der Waals surface area contributed by atoms with E-state index in [2.05, 4.69) is 25.9 Å². The van der Waals surface area contributed by atoms with Crippen molar-refractivity contribution in [3.8, 4) is 0 Å². The Bertz CT molecular complexity index is 266. The minimum atomic E-state index is 0. The van der Waals surface area contributed by atoms with Crippen molar-refractivity contribution in [2.24, 2.45) is 4.99 Å². The SMILES string of the molecule is O.O=C=Nc1ccc(Br)cn1. The van der Waals surface area contributed by atoms with E-state index >= 15 is 0 Å². The molecule has 1 heterocycles. The third kappa shape index (κ3) is 3.04. The van der Waals surface area contributed by atoms with Crippen LogP contribution in [0, 0.1) is 0 Å². The van der Waals surface area contributed by atoms with Crippen LogP contribution in [0.5, 0.6) is 0 Å². The second kappa shape index (κ2) is 4.73. The van der Waals surface area contributed by atoms with Gasteiger partial charge < -0.3 is 5.48 Å². The van der Waals surface area contributed by atoms with Gasteiger partial charge in [-0.25, -0.2) is 9.78 Å². The Balaban J connectivity index is 0.000001000. The third-order valence-corrected chi connectivity index (χ3v) is 1.34. The molecule has 1 rings (SSSR count). The van der Waals surface area contributed by atoms with E-state index in [-0.39, 0.29) is 5.48 Å². The number of isocyanates is 1. The number of nitrogens with zero attached hydrogens (tertiary/aromatic N) is 2. The summed E-state index contributed by atoms with van der Waals surface area (Å²) in [5, 5.41) is 0. The number of hydrogen-bond acceptors (Lipinski definition) is 3. The molecule has 0 aliphatic heterocycles. The molecule has 0 spiro atoms. The monoisotopic (exact) mass is 216 g/mol. The molecule has 2 N–H and O–H groups in total. The Hall–Kier alpha value is -1.03. The predicted octanol–water partition coefficient (Wildman–Crippen LogP) is 0.987. The van der Waals surface area contributed by atoms with Crippen molar-refractivity contribution in [2.45, 2.75) is 0 Å². The summed E-state index contributed by atoms with van der Waals surface area (Å²) in [4.78, 5) is 16.8. The van der Waals surface area contributed by atoms with Gasteiger partial charge >= 0.3 is 0 Å². The minimum absolute atomic E-state index is 0. The fraction of sp³-hybridized carbons (Fsp3) is 0. The van der Waals surface area contributed by atoms with Gasteiger partial charge in [-0.3, -0.25) is 0 Å². The first-order valence-electron chi connectivity index (χ1n) is 2.52. The Kier molecular flexibility index (Phi) is 4.29. The lowest BCUT2D eigenvalue weighted by Gasteiger charge is -1.87. The first-order valence-corrected chi connectivity index (χ1v) is 3.31. The first kappa shape index (κ1) is 9.97. The van der Waals surface area contributed by atoms with Crippen molar-refractivity contribution in [3.63, 3.8) is 0 Å². The molecule has 0 saturated carbocycles. The molecule has 0 saturated heterocycles. The van der Waals surface area contributed by atoms with E-state index in [0.717, 1.165) is 4.47 Å². The van der Waals surface area contributed by atoms with Gasteiger partial charge in [0.15, 0.2) is 5.82 Å². The summed E-state index contributed by atoms with van der Waals surface area (Å²) in [5.41, 5.74) is 0. The summed E-state index contributed by atoms with van der Waals surface area (Å²) >= 11 is 3.19. The van der Waals surface area contributed by atoms with Gasteiger partial charge in [0.25, 0.3) is 0 Å². The van der Waals surface area contributed by atoms with Crippen LogP contribution in [0.25, 0.3) is 0 Å². The van der Waals surface area contributed by atoms with Gasteiger partial charge in [0.1, 0.15) is 0 Å². The fourth-order valence-electron chi connectivity index (χ4n) is 0.481. The highest BCUT2D eigenvalue weighted by Crippen LogP contribution is 2.11. The lowest BCUT2D eigenvalue weighted by atomic mass is 10.5. The molecule has 5 heteroatoms. The van der Waals surface area contributed by atoms with Crippen LogP contribution in [0.15, 0.2) is 27.8 Å². The van der Waals surface area contributed by atoms with Gasteiger partial charge in [0.2, 0.25) is 6.08 Å². The standard InChI is InChI=1S/C6H3BrN2O.H2O/c7-5-1-2-6(8-3-5)9-4-10;/h1-3H;1H2. The second-order valence-corrected chi connectivity index (χ2v) is 2.45. The number of aromatic nitrogens is 1. The Morgan fingerprint density at radius 3 is 2.73 bits per heavy atom. The van der Waals surface area contributed by atoms with Crippen molar-refractivity contribution in [3.05, 3.63) is 22.8 Å². The number of rotatable bonds is 1. The van der Waals surface area contributed by atoms with E-state index in [0.29, 0.717) is 5.82 Å². The molecule has 0 fully saturated rings. The second-order valence-electron chi connectivity index (χ2n) is 1.54. The summed E-state index contributed by atoms with van der Waals surface area (Å²) in [6, 6.07) is 3.37. The highest BCUT2D eigenvalue weighted by atomic mass is 79.9. The fourth-order valence-corrected chi connectivity index (χ4v) is 0.715. The molecule has 0 amide bonds. The number of carbonyl (C=O) groups excluding carboxylic acids is 1. The van der Waals surface area contributed by atoms with E-state index in [1.807, 2.05) is 0 Å². The molecular formula is C6H5BrN2O2. The Morgan fingerprint density at radius 2 is 2.27 bits per heavy atom. The lowest BCUT2D eigenvalue weighted by Crippen LogP contribution is -1.71. The minimum Gasteiger partial charge on any atom is -0.412 e. The van der Waals surface area contributed by atoms with Crippen LogP contribution in [0.4, 0.5) is 5.82 Å². The van der Waals surface area contributed by atoms with Crippen molar-refractivity contribution in [2.75, 3.05) is 0 Å². The van der Waals surface area contributed by atoms with E-state index in [4.69, 9.17) is 0 Å².